The van der Waals surface area contributed by atoms with Crippen molar-refractivity contribution in [3.8, 4) is 11.1 Å². The zero-order valence-corrected chi connectivity index (χ0v) is 16.7. The van der Waals surface area contributed by atoms with Crippen LogP contribution in [0.4, 0.5) is 8.78 Å². The van der Waals surface area contributed by atoms with Crippen molar-refractivity contribution in [2.75, 3.05) is 0 Å². The summed E-state index contributed by atoms with van der Waals surface area (Å²) in [4.78, 5) is 12.1. The van der Waals surface area contributed by atoms with Crippen LogP contribution in [0.1, 0.15) is 19.4 Å². The van der Waals surface area contributed by atoms with Gasteiger partial charge in [0.05, 0.1) is 0 Å². The van der Waals surface area contributed by atoms with Crippen molar-refractivity contribution in [3.63, 3.8) is 0 Å². The smallest absolute Gasteiger partial charge is 0.268 e. The zero-order chi connectivity index (χ0) is 21.9. The number of amides is 1. The third-order valence-corrected chi connectivity index (χ3v) is 5.65. The van der Waals surface area contributed by atoms with Crippen LogP contribution in [0.2, 0.25) is 0 Å². The van der Waals surface area contributed by atoms with Crippen molar-refractivity contribution in [1.82, 2.24) is 10.8 Å². The van der Waals surface area contributed by atoms with Crippen LogP contribution >= 0.6 is 0 Å². The molecule has 0 aliphatic rings. The zero-order valence-electron chi connectivity index (χ0n) is 16.7. The second kappa shape index (κ2) is 8.47. The molecule has 0 spiro atoms. The Morgan fingerprint density at radius 3 is 2.23 bits per heavy atom. The molecule has 158 valence electrons. The molecule has 0 bridgehead atoms. The molecule has 0 heterocycles. The molecule has 3 aromatic carbocycles. The summed E-state index contributed by atoms with van der Waals surface area (Å²) in [6.07, 6.45) is -3.21. The normalized spacial score (nSPS) is 15.6. The topological polar surface area (TPSA) is 81.6 Å². The summed E-state index contributed by atoms with van der Waals surface area (Å²) in [5, 5.41) is 23.8. The highest BCUT2D eigenvalue weighted by Crippen LogP contribution is 2.30. The summed E-state index contributed by atoms with van der Waals surface area (Å²) in [7, 11) is 0. The predicted octanol–water partition coefficient (Wildman–Crippen LogP) is 3.88. The summed E-state index contributed by atoms with van der Waals surface area (Å²) >= 11 is 0. The lowest BCUT2D eigenvalue weighted by molar-refractivity contribution is -0.167. The number of benzene rings is 3. The van der Waals surface area contributed by atoms with E-state index >= 15 is 0 Å². The predicted molar refractivity (Wildman–Crippen MR) is 111 cm³/mol. The molecule has 0 saturated carbocycles. The molecule has 0 unspecified atom stereocenters. The molecule has 0 saturated heterocycles. The molecule has 0 aliphatic heterocycles. The molecule has 3 rings (SSSR count). The van der Waals surface area contributed by atoms with Gasteiger partial charge in [0.1, 0.15) is 11.1 Å². The summed E-state index contributed by atoms with van der Waals surface area (Å²) in [6.45, 7) is 2.01. The molecular formula is C23H24F2N2O3. The fraction of sp³-hybridized carbons (Fsp3) is 0.261. The van der Waals surface area contributed by atoms with E-state index in [4.69, 9.17) is 5.21 Å². The van der Waals surface area contributed by atoms with E-state index < -0.39 is 23.5 Å². The van der Waals surface area contributed by atoms with E-state index in [0.29, 0.717) is 0 Å². The Bertz CT molecular complexity index is 1040. The van der Waals surface area contributed by atoms with Gasteiger partial charge >= 0.3 is 0 Å². The number of hydrogen-bond donors (Lipinski definition) is 4. The minimum atomic E-state index is -3.21. The molecule has 3 aromatic rings. The minimum Gasteiger partial charge on any atom is -0.382 e. The fourth-order valence-electron chi connectivity index (χ4n) is 3.31. The van der Waals surface area contributed by atoms with Gasteiger partial charge < -0.3 is 5.11 Å². The lowest BCUT2D eigenvalue weighted by Gasteiger charge is -2.40. The van der Waals surface area contributed by atoms with Crippen LogP contribution in [0, 0.1) is 0 Å². The molecule has 4 N–H and O–H groups in total. The van der Waals surface area contributed by atoms with Crippen molar-refractivity contribution in [2.24, 2.45) is 0 Å². The van der Waals surface area contributed by atoms with Crippen molar-refractivity contribution in [3.05, 3.63) is 72.3 Å². The largest absolute Gasteiger partial charge is 0.382 e. The Kier molecular flexibility index (Phi) is 6.17. The van der Waals surface area contributed by atoms with Crippen molar-refractivity contribution in [1.29, 1.82) is 0 Å². The maximum absolute atomic E-state index is 13.4. The number of aliphatic hydroxyl groups is 1. The molecule has 7 heteroatoms. The van der Waals surface area contributed by atoms with Crippen LogP contribution in [0.3, 0.4) is 0 Å². The maximum Gasteiger partial charge on any atom is 0.268 e. The van der Waals surface area contributed by atoms with Gasteiger partial charge in [-0.25, -0.2) is 14.3 Å². The number of fused-ring (bicyclic) bond motifs is 1. The van der Waals surface area contributed by atoms with Crippen LogP contribution in [-0.4, -0.2) is 33.8 Å². The number of halogens is 2. The Morgan fingerprint density at radius 1 is 0.967 bits per heavy atom. The maximum atomic E-state index is 13.4. The Morgan fingerprint density at radius 2 is 1.60 bits per heavy atom. The SMILES string of the molecule is C[C@@](NCc1ccc2cc(-c3ccccc3)ccc2c1)(C(=O)NO)[C@](C)(O)C(F)F. The highest BCUT2D eigenvalue weighted by atomic mass is 19.3. The van der Waals surface area contributed by atoms with Gasteiger partial charge in [-0.3, -0.25) is 15.3 Å². The molecule has 0 radical (unpaired) electrons. The van der Waals surface area contributed by atoms with Crippen LogP contribution in [-0.2, 0) is 11.3 Å². The van der Waals surface area contributed by atoms with E-state index in [1.165, 1.54) is 5.48 Å². The average Bonchev–Trinajstić information content (AvgIpc) is 2.76. The van der Waals surface area contributed by atoms with Gasteiger partial charge in [-0.05, 0) is 53.4 Å². The third-order valence-electron chi connectivity index (χ3n) is 5.65. The average molecular weight is 414 g/mol. The summed E-state index contributed by atoms with van der Waals surface area (Å²) in [5.41, 5.74) is -0.557. The number of hydroxylamine groups is 1. The Balaban J connectivity index is 1.85. The molecule has 1 amide bonds. The van der Waals surface area contributed by atoms with E-state index in [1.54, 1.807) is 0 Å². The molecule has 0 aliphatic carbocycles. The second-order valence-corrected chi connectivity index (χ2v) is 7.63. The standard InChI is InChI=1S/C23H24F2N2O3/c1-22(21(28)27-30,23(2,29)20(24)25)26-14-15-8-9-19-13-18(11-10-17(19)12-15)16-6-4-3-5-7-16/h3-13,20,26,29-30H,14H2,1-2H3,(H,27,28)/t22-,23-/m1/s1. The number of carbonyl (C=O) groups is 1. The minimum absolute atomic E-state index is 0.0309. The molecule has 30 heavy (non-hydrogen) atoms. The van der Waals surface area contributed by atoms with Gasteiger partial charge in [0.2, 0.25) is 0 Å². The highest BCUT2D eigenvalue weighted by molar-refractivity contribution is 5.88. The second-order valence-electron chi connectivity index (χ2n) is 7.63. The van der Waals surface area contributed by atoms with Gasteiger partial charge in [0.25, 0.3) is 12.3 Å². The quantitative estimate of drug-likeness (QED) is 0.349. The van der Waals surface area contributed by atoms with Gasteiger partial charge in [-0.1, -0.05) is 54.6 Å². The molecule has 5 nitrogen and oxygen atoms in total. The highest BCUT2D eigenvalue weighted by Gasteiger charge is 2.54. The van der Waals surface area contributed by atoms with E-state index in [-0.39, 0.29) is 6.54 Å². The number of hydrogen-bond acceptors (Lipinski definition) is 4. The Labute approximate surface area is 173 Å². The first-order valence-corrected chi connectivity index (χ1v) is 9.47. The van der Waals surface area contributed by atoms with Crippen LogP contribution in [0.15, 0.2) is 66.7 Å². The monoisotopic (exact) mass is 414 g/mol. The first-order chi connectivity index (χ1) is 14.2. The fourth-order valence-corrected chi connectivity index (χ4v) is 3.31. The first-order valence-electron chi connectivity index (χ1n) is 9.47. The van der Waals surface area contributed by atoms with Gasteiger partial charge in [0.15, 0.2) is 0 Å². The molecular weight excluding hydrogens is 390 g/mol. The van der Waals surface area contributed by atoms with Crippen molar-refractivity contribution < 1.29 is 23.9 Å². The van der Waals surface area contributed by atoms with Crippen molar-refractivity contribution in [2.45, 2.75) is 38.0 Å². The van der Waals surface area contributed by atoms with Crippen LogP contribution in [0.25, 0.3) is 21.9 Å². The molecule has 0 fully saturated rings. The number of carbonyl (C=O) groups excluding carboxylic acids is 1. The molecule has 0 aromatic heterocycles. The summed E-state index contributed by atoms with van der Waals surface area (Å²) in [6, 6.07) is 21.6. The molecule has 2 atom stereocenters. The van der Waals surface area contributed by atoms with E-state index in [2.05, 4.69) is 11.4 Å². The van der Waals surface area contributed by atoms with Gasteiger partial charge in [-0.15, -0.1) is 0 Å². The van der Waals surface area contributed by atoms with Crippen molar-refractivity contribution >= 4 is 16.7 Å². The summed E-state index contributed by atoms with van der Waals surface area (Å²) < 4.78 is 26.7. The van der Waals surface area contributed by atoms with E-state index in [0.717, 1.165) is 41.3 Å². The van der Waals surface area contributed by atoms with Crippen LogP contribution < -0.4 is 10.8 Å². The van der Waals surface area contributed by atoms with E-state index in [1.807, 2.05) is 60.7 Å². The third kappa shape index (κ3) is 4.05. The lowest BCUT2D eigenvalue weighted by atomic mass is 9.81. The van der Waals surface area contributed by atoms with Crippen LogP contribution in [0.5, 0.6) is 0 Å². The summed E-state index contributed by atoms with van der Waals surface area (Å²) in [5.74, 6) is -1.15. The number of alkyl halides is 2. The van der Waals surface area contributed by atoms with E-state index in [9.17, 15) is 18.7 Å². The first kappa shape index (κ1) is 21.8. The number of rotatable bonds is 7. The van der Waals surface area contributed by atoms with Gasteiger partial charge in [-0.2, -0.15) is 0 Å². The number of nitrogens with one attached hydrogen (secondary N) is 2. The lowest BCUT2D eigenvalue weighted by Crippen LogP contribution is -2.69. The van der Waals surface area contributed by atoms with Gasteiger partial charge in [0, 0.05) is 6.54 Å². The Hall–Kier alpha value is -2.87.